The quantitative estimate of drug-likeness (QED) is 0.874. The van der Waals surface area contributed by atoms with Gasteiger partial charge in [-0.2, -0.15) is 0 Å². The molecular weight excluding hydrogens is 236 g/mol. The van der Waals surface area contributed by atoms with Crippen LogP contribution in [0.3, 0.4) is 0 Å². The molecule has 0 saturated heterocycles. The third-order valence-electron chi connectivity index (χ3n) is 4.33. The van der Waals surface area contributed by atoms with Crippen LogP contribution in [0, 0.1) is 5.41 Å². The number of nitrogens with one attached hydrogen (secondary N) is 1. The Balaban J connectivity index is 1.99. The van der Waals surface area contributed by atoms with E-state index in [9.17, 15) is 4.79 Å². The predicted molar refractivity (Wildman–Crippen MR) is 77.6 cm³/mol. The van der Waals surface area contributed by atoms with Gasteiger partial charge in [0.2, 0.25) is 5.91 Å². The fourth-order valence-electron chi connectivity index (χ4n) is 2.80. The van der Waals surface area contributed by atoms with Crippen LogP contribution < -0.4 is 11.1 Å². The van der Waals surface area contributed by atoms with E-state index in [0.717, 1.165) is 12.1 Å². The van der Waals surface area contributed by atoms with Crippen LogP contribution in [-0.4, -0.2) is 12.5 Å². The summed E-state index contributed by atoms with van der Waals surface area (Å²) in [6, 6.07) is 9.54. The first kappa shape index (κ1) is 14.1. The summed E-state index contributed by atoms with van der Waals surface area (Å²) >= 11 is 0. The van der Waals surface area contributed by atoms with Gasteiger partial charge in [0.05, 0.1) is 0 Å². The predicted octanol–water partition coefficient (Wildman–Crippen LogP) is 2.56. The van der Waals surface area contributed by atoms with Gasteiger partial charge in [-0.25, -0.2) is 0 Å². The Hall–Kier alpha value is -1.35. The molecule has 0 bridgehead atoms. The molecule has 1 fully saturated rings. The lowest BCUT2D eigenvalue weighted by atomic mass is 9.87. The van der Waals surface area contributed by atoms with Gasteiger partial charge in [0, 0.05) is 6.54 Å². The van der Waals surface area contributed by atoms with Gasteiger partial charge in [0.25, 0.3) is 0 Å². The molecule has 1 aromatic rings. The second-order valence-electron chi connectivity index (χ2n) is 6.27. The van der Waals surface area contributed by atoms with E-state index in [-0.39, 0.29) is 11.3 Å². The first-order chi connectivity index (χ1) is 8.94. The zero-order chi connectivity index (χ0) is 13.9. The maximum Gasteiger partial charge on any atom is 0.244 e. The fourth-order valence-corrected chi connectivity index (χ4v) is 2.80. The summed E-state index contributed by atoms with van der Waals surface area (Å²) in [6.45, 7) is 4.75. The van der Waals surface area contributed by atoms with Gasteiger partial charge in [-0.1, -0.05) is 50.1 Å². The molecule has 104 valence electrons. The largest absolute Gasteiger partial charge is 0.354 e. The number of rotatable bonds is 4. The van der Waals surface area contributed by atoms with Crippen LogP contribution in [0.25, 0.3) is 0 Å². The van der Waals surface area contributed by atoms with Crippen LogP contribution in [0.5, 0.6) is 0 Å². The molecule has 1 amide bonds. The summed E-state index contributed by atoms with van der Waals surface area (Å²) < 4.78 is 0. The molecule has 0 spiro atoms. The lowest BCUT2D eigenvalue weighted by Crippen LogP contribution is -2.50. The Labute approximate surface area is 115 Å². The molecule has 1 atom stereocenters. The van der Waals surface area contributed by atoms with Crippen molar-refractivity contribution in [1.82, 2.24) is 5.32 Å². The molecule has 0 radical (unpaired) electrons. The molecule has 1 saturated carbocycles. The SMILES string of the molecule is CC1(CNC(=O)C(C)(N)c2ccccc2)CCCC1. The Kier molecular flexibility index (Phi) is 3.95. The van der Waals surface area contributed by atoms with E-state index in [4.69, 9.17) is 5.73 Å². The van der Waals surface area contributed by atoms with E-state index >= 15 is 0 Å². The standard InChI is InChI=1S/C16H24N2O/c1-15(10-6-7-11-15)12-18-14(19)16(2,17)13-8-4-3-5-9-13/h3-5,8-9H,6-7,10-12,17H2,1-2H3,(H,18,19). The lowest BCUT2D eigenvalue weighted by molar-refractivity contribution is -0.126. The molecule has 19 heavy (non-hydrogen) atoms. The molecule has 1 aliphatic carbocycles. The minimum absolute atomic E-state index is 0.0909. The van der Waals surface area contributed by atoms with E-state index in [1.54, 1.807) is 6.92 Å². The number of carbonyl (C=O) groups excluding carboxylic acids is 1. The Morgan fingerprint density at radius 2 is 1.89 bits per heavy atom. The minimum Gasteiger partial charge on any atom is -0.354 e. The maximum atomic E-state index is 12.3. The fraction of sp³-hybridized carbons (Fsp3) is 0.562. The first-order valence-corrected chi connectivity index (χ1v) is 7.07. The zero-order valence-electron chi connectivity index (χ0n) is 11.9. The van der Waals surface area contributed by atoms with Crippen LogP contribution in [0.4, 0.5) is 0 Å². The van der Waals surface area contributed by atoms with Gasteiger partial charge in [0.15, 0.2) is 0 Å². The highest BCUT2D eigenvalue weighted by Gasteiger charge is 2.34. The van der Waals surface area contributed by atoms with Crippen LogP contribution in [0.2, 0.25) is 0 Å². The molecule has 1 aliphatic rings. The molecule has 0 aromatic heterocycles. The summed E-state index contributed by atoms with van der Waals surface area (Å²) in [6.07, 6.45) is 4.93. The molecule has 1 aromatic carbocycles. The van der Waals surface area contributed by atoms with Crippen molar-refractivity contribution in [1.29, 1.82) is 0 Å². The summed E-state index contributed by atoms with van der Waals surface area (Å²) in [5, 5.41) is 3.04. The first-order valence-electron chi connectivity index (χ1n) is 7.07. The Bertz CT molecular complexity index is 433. The van der Waals surface area contributed by atoms with Crippen molar-refractivity contribution in [2.75, 3.05) is 6.54 Å². The molecule has 3 heteroatoms. The van der Waals surface area contributed by atoms with Gasteiger partial charge >= 0.3 is 0 Å². The Morgan fingerprint density at radius 3 is 2.47 bits per heavy atom. The van der Waals surface area contributed by atoms with E-state index in [1.807, 2.05) is 30.3 Å². The number of carbonyl (C=O) groups is 1. The van der Waals surface area contributed by atoms with Crippen molar-refractivity contribution in [3.05, 3.63) is 35.9 Å². The van der Waals surface area contributed by atoms with E-state index in [2.05, 4.69) is 12.2 Å². The zero-order valence-corrected chi connectivity index (χ0v) is 11.9. The van der Waals surface area contributed by atoms with Gasteiger partial charge in [0.1, 0.15) is 5.54 Å². The van der Waals surface area contributed by atoms with Crippen LogP contribution in [0.1, 0.15) is 45.1 Å². The highest BCUT2D eigenvalue weighted by Crippen LogP contribution is 2.36. The summed E-state index contributed by atoms with van der Waals surface area (Å²) in [7, 11) is 0. The number of hydrogen-bond acceptors (Lipinski definition) is 2. The number of hydrogen-bond donors (Lipinski definition) is 2. The molecule has 1 unspecified atom stereocenters. The third-order valence-corrected chi connectivity index (χ3v) is 4.33. The molecular formula is C16H24N2O. The normalized spacial score (nSPS) is 20.8. The second-order valence-corrected chi connectivity index (χ2v) is 6.27. The van der Waals surface area contributed by atoms with Crippen LogP contribution in [0.15, 0.2) is 30.3 Å². The summed E-state index contributed by atoms with van der Waals surface area (Å²) in [5.74, 6) is -0.0909. The van der Waals surface area contributed by atoms with Crippen LogP contribution >= 0.6 is 0 Å². The smallest absolute Gasteiger partial charge is 0.244 e. The average molecular weight is 260 g/mol. The third kappa shape index (κ3) is 3.16. The van der Waals surface area contributed by atoms with Crippen LogP contribution in [-0.2, 0) is 10.3 Å². The second kappa shape index (κ2) is 5.33. The highest BCUT2D eigenvalue weighted by molar-refractivity contribution is 5.87. The number of amides is 1. The van der Waals surface area contributed by atoms with Crippen molar-refractivity contribution in [2.24, 2.45) is 11.1 Å². The maximum absolute atomic E-state index is 12.3. The van der Waals surface area contributed by atoms with Crippen molar-refractivity contribution in [3.8, 4) is 0 Å². The van der Waals surface area contributed by atoms with Crippen molar-refractivity contribution in [2.45, 2.75) is 45.1 Å². The van der Waals surface area contributed by atoms with Crippen molar-refractivity contribution >= 4 is 5.91 Å². The van der Waals surface area contributed by atoms with Gasteiger partial charge in [-0.15, -0.1) is 0 Å². The minimum atomic E-state index is -0.962. The van der Waals surface area contributed by atoms with E-state index in [1.165, 1.54) is 25.7 Å². The van der Waals surface area contributed by atoms with Gasteiger partial charge < -0.3 is 11.1 Å². The molecule has 0 heterocycles. The van der Waals surface area contributed by atoms with E-state index in [0.29, 0.717) is 0 Å². The highest BCUT2D eigenvalue weighted by atomic mass is 16.2. The molecule has 0 aliphatic heterocycles. The Morgan fingerprint density at radius 1 is 1.32 bits per heavy atom. The lowest BCUT2D eigenvalue weighted by Gasteiger charge is -2.28. The van der Waals surface area contributed by atoms with Crippen molar-refractivity contribution in [3.63, 3.8) is 0 Å². The summed E-state index contributed by atoms with van der Waals surface area (Å²) in [5.41, 5.74) is 6.34. The average Bonchev–Trinajstić information content (AvgIpc) is 2.84. The molecule has 3 nitrogen and oxygen atoms in total. The van der Waals surface area contributed by atoms with Gasteiger partial charge in [-0.3, -0.25) is 4.79 Å². The number of nitrogens with two attached hydrogens (primary N) is 1. The monoisotopic (exact) mass is 260 g/mol. The molecule has 2 rings (SSSR count). The summed E-state index contributed by atoms with van der Waals surface area (Å²) in [4.78, 5) is 12.3. The van der Waals surface area contributed by atoms with E-state index < -0.39 is 5.54 Å². The number of benzene rings is 1. The topological polar surface area (TPSA) is 55.1 Å². The van der Waals surface area contributed by atoms with Crippen molar-refractivity contribution < 1.29 is 4.79 Å². The van der Waals surface area contributed by atoms with Gasteiger partial charge in [-0.05, 0) is 30.7 Å². The molecule has 3 N–H and O–H groups in total.